The number of H-pyrrole nitrogens is 1. The number of hydrogen-bond acceptors (Lipinski definition) is 31. The Labute approximate surface area is 867 Å². The number of aromatic amines is 1. The minimum Gasteiger partial charge on any atom is -0.462 e. The van der Waals surface area contributed by atoms with Crippen LogP contribution in [0.1, 0.15) is 207 Å². The molecule has 7 N–H and O–H groups in total. The molecule has 39 atom stereocenters. The van der Waals surface area contributed by atoms with Crippen molar-refractivity contribution in [2.24, 2.45) is 47.3 Å². The summed E-state index contributed by atoms with van der Waals surface area (Å²) in [5, 5.41) is 70.5. The number of carbonyl (C=O) groups is 2. The molecule has 2 aromatic carbocycles. The van der Waals surface area contributed by atoms with Crippen LogP contribution in [0.2, 0.25) is 15.1 Å². The van der Waals surface area contributed by atoms with Crippen LogP contribution in [0.25, 0.3) is 11.0 Å². The molecule has 0 radical (unpaired) electrons. The van der Waals surface area contributed by atoms with Crippen molar-refractivity contribution in [3.05, 3.63) is 140 Å². The highest BCUT2D eigenvalue weighted by atomic mass is 35.5. The summed E-state index contributed by atoms with van der Waals surface area (Å²) in [4.78, 5) is 36.3. The van der Waals surface area contributed by atoms with E-state index in [2.05, 4.69) is 91.4 Å². The second-order valence-corrected chi connectivity index (χ2v) is 44.8. The smallest absolute Gasteiger partial charge is 0.316 e. The molecule has 31 nitrogen and oxygen atoms in total. The van der Waals surface area contributed by atoms with E-state index in [0.29, 0.717) is 144 Å². The molecule has 17 rings (SSSR count). The number of fused-ring (bicyclic) bond motifs is 5. The van der Waals surface area contributed by atoms with Gasteiger partial charge < -0.3 is 135 Å². The number of benzene rings is 2. The molecule has 0 unspecified atom stereocenters. The van der Waals surface area contributed by atoms with Gasteiger partial charge in [0.05, 0.1) is 120 Å². The topological polar surface area (TPSA) is 378 Å². The largest absolute Gasteiger partial charge is 0.462 e. The van der Waals surface area contributed by atoms with Crippen molar-refractivity contribution in [2.45, 2.75) is 407 Å². The van der Waals surface area contributed by atoms with Crippen molar-refractivity contribution in [3.63, 3.8) is 0 Å². The Morgan fingerprint density at radius 2 is 0.972 bits per heavy atom. The van der Waals surface area contributed by atoms with Crippen LogP contribution in [0.4, 0.5) is 0 Å². The summed E-state index contributed by atoms with van der Waals surface area (Å²) in [6.45, 7) is 32.5. The van der Waals surface area contributed by atoms with E-state index in [1.165, 1.54) is 11.8 Å². The van der Waals surface area contributed by atoms with E-state index in [4.69, 9.17) is 134 Å². The molecule has 144 heavy (non-hydrogen) atoms. The van der Waals surface area contributed by atoms with E-state index in [1.807, 2.05) is 44.4 Å². The van der Waals surface area contributed by atoms with Crippen molar-refractivity contribution < 1.29 is 140 Å². The molecular weight excluding hydrogens is 1940 g/mol. The van der Waals surface area contributed by atoms with Crippen LogP contribution < -0.4 is 4.74 Å². The van der Waals surface area contributed by atoms with Crippen LogP contribution in [-0.2, 0) is 104 Å². The van der Waals surface area contributed by atoms with Gasteiger partial charge in [0.2, 0.25) is 0 Å². The summed E-state index contributed by atoms with van der Waals surface area (Å²) in [5.41, 5.74) is 2.00. The highest BCUT2D eigenvalue weighted by molar-refractivity contribution is 7.98. The van der Waals surface area contributed by atoms with Gasteiger partial charge in [-0.25, -0.2) is 4.98 Å². The fourth-order valence-corrected chi connectivity index (χ4v) is 24.6. The number of aliphatic hydroxyl groups is 6. The molecule has 3 aromatic rings. The molecule has 802 valence electrons. The second-order valence-electron chi connectivity index (χ2n) is 42.8. The Kier molecular flexibility index (Phi) is 38.0. The fourth-order valence-electron chi connectivity index (χ4n) is 23.6. The van der Waals surface area contributed by atoms with Crippen LogP contribution in [0.3, 0.4) is 0 Å². The number of imidazole rings is 1. The maximum atomic E-state index is 14.4. The standard InChI is InChI=1S/C48H74O14.C47H72O14.C14H9Cl3N2OS/c1-11-25(2)43-28(5)17-18-47(62-43)23-34-20-33(61-47)16-15-27(4)42(26(3)13-12-14-32-24-55-45-40(49)29(6)19-35(46(51)58-34)48(32,45)52)59-39-22-37(54-10)44(31(8)57-39)60-38-21-36(53-9)41(50)30(7)56-38;1-24(2)41-27(5)16-17-46(61-41)22-33-19-32(60-46)15-14-26(4)42(25(3)12-11-13-31-23-54-44-39(48)28(6)18-34(45(50)57-33)47(31,44)51)58-38-21-36(53-10)43(30(8)56-38)59-37-20-35(52-9)40(49)29(7)55-37;1-21-14-18-9-5-8(16)12(6-10(9)19-14)20-11-4-2-3-7(15)13(11)17/h12-15,19,25-26,28,30-31,33-45,49-50,52H,11,16-18,20-24H2,1-10H3;11-14,18,24-25,27,29-30,32-44,48-49,51H,15-17,19-23H2,1-10H3;2-6H,1H3,(H,18,19)/b13-12+,27-15+,32-14+;12-11+,26-14+,31-13+;/t25-,26-,28-,30-,31-,33+,34-,35-,36-,37-,38-,39-,40+,41-,42-,43+,44-,45+,47+,48+;25-,27-,29-,30-,32+,33-,34-,35-,36-,37-,38-,39+,40-,41+,42-,43-,44+,46+,47+;/m00./s1. The van der Waals surface area contributed by atoms with Crippen molar-refractivity contribution in [2.75, 3.05) is 47.9 Å². The van der Waals surface area contributed by atoms with Gasteiger partial charge in [-0.3, -0.25) is 9.59 Å². The Morgan fingerprint density at radius 3 is 1.42 bits per heavy atom. The van der Waals surface area contributed by atoms with Gasteiger partial charge in [-0.2, -0.15) is 0 Å². The van der Waals surface area contributed by atoms with Gasteiger partial charge in [0.25, 0.3) is 0 Å². The number of ether oxygens (including phenoxy) is 21. The Hall–Kier alpha value is -5.17. The van der Waals surface area contributed by atoms with Crippen molar-refractivity contribution in [1.82, 2.24) is 9.97 Å². The molecule has 14 aliphatic rings. The molecular formula is C109H155Cl3N2O29S. The number of rotatable bonds is 18. The summed E-state index contributed by atoms with van der Waals surface area (Å²) in [5.74, 6) is -3.32. The number of aromatic nitrogens is 2. The fraction of sp³-hybridized carbons (Fsp3) is 0.716. The number of nitrogens with zero attached hydrogens (tertiary/aromatic N) is 1. The van der Waals surface area contributed by atoms with Gasteiger partial charge in [-0.05, 0) is 163 Å². The lowest BCUT2D eigenvalue weighted by Crippen LogP contribution is -2.58. The summed E-state index contributed by atoms with van der Waals surface area (Å²) in [6.07, 6.45) is 14.0. The second kappa shape index (κ2) is 48.4. The number of allylic oxidation sites excluding steroid dienone is 4. The number of carbonyl (C=O) groups excluding carboxylic acids is 2. The minimum absolute atomic E-state index is 0.00708. The molecule has 35 heteroatoms. The first-order valence-corrected chi connectivity index (χ1v) is 54.1. The first-order valence-electron chi connectivity index (χ1n) is 51.7. The molecule has 10 saturated heterocycles. The van der Waals surface area contributed by atoms with Crippen LogP contribution in [0.5, 0.6) is 11.5 Å². The lowest BCUT2D eigenvalue weighted by Gasteiger charge is -2.51. The average Bonchev–Trinajstić information content (AvgIpc) is 1.58. The molecule has 12 aliphatic heterocycles. The van der Waals surface area contributed by atoms with Crippen molar-refractivity contribution in [1.29, 1.82) is 0 Å². The maximum absolute atomic E-state index is 14.4. The number of esters is 2. The van der Waals surface area contributed by atoms with Crippen LogP contribution in [-0.4, -0.2) is 295 Å². The number of aliphatic hydroxyl groups excluding tert-OH is 4. The first kappa shape index (κ1) is 113. The summed E-state index contributed by atoms with van der Waals surface area (Å²) >= 11 is 19.9. The number of hydrogen-bond donors (Lipinski definition) is 7. The summed E-state index contributed by atoms with van der Waals surface area (Å²) in [7, 11) is 6.45. The van der Waals surface area contributed by atoms with Crippen LogP contribution in [0, 0.1) is 47.3 Å². The van der Waals surface area contributed by atoms with Gasteiger partial charge >= 0.3 is 11.9 Å². The molecule has 2 aliphatic carbocycles. The van der Waals surface area contributed by atoms with Gasteiger partial charge in [-0.15, -0.1) is 0 Å². The van der Waals surface area contributed by atoms with E-state index in [9.17, 15) is 40.2 Å². The molecule has 0 amide bonds. The minimum atomic E-state index is -1.82. The third-order valence-corrected chi connectivity index (χ3v) is 33.8. The molecule has 13 heterocycles. The third-order valence-electron chi connectivity index (χ3n) is 32.2. The van der Waals surface area contributed by atoms with Crippen LogP contribution >= 0.6 is 46.6 Å². The van der Waals surface area contributed by atoms with Crippen molar-refractivity contribution >= 4 is 69.5 Å². The first-order chi connectivity index (χ1) is 68.5. The Bertz CT molecular complexity index is 5120. The Morgan fingerprint density at radius 1 is 0.535 bits per heavy atom. The lowest BCUT2D eigenvalue weighted by atomic mass is 9.71. The Balaban J connectivity index is 0.000000180. The monoisotopic (exact) mass is 2090 g/mol. The highest BCUT2D eigenvalue weighted by Gasteiger charge is 2.63. The predicted octanol–water partition coefficient (Wildman–Crippen LogP) is 16.8. The van der Waals surface area contributed by atoms with Gasteiger partial charge in [-0.1, -0.05) is 175 Å². The predicted molar refractivity (Wildman–Crippen MR) is 540 cm³/mol. The SMILES string of the molecule is CC[C@H](C)[C@H]1O[C@]2(CC[C@@H]1C)C[C@@H]1C[C@@H](C/C=C(\C)[C@@H](O[C@H]3C[C@H](OC)[C@@H](O[C@H]4C[C@H](OC)[C@@H](O)[C@H](C)O4)[C@H](C)O3)[C@@H](C)/C=C/C=C3\CO[C@@H]4[C@H](O)C(C)=C[C@@H](C(=O)O1)[C@]34O)O2.CO[C@H]1C[C@H](O[C@H]2[C@H](C)O[C@@H](O[C@@H]3/C(C)=C/C[C@@H]4C[C@@H](C[C@]5(CC[C@H](C)[C@@H](C(C)C)O5)O4)OC(=O)[C@@H]4C=C(C)[C@@H](O)[C@H]5OC/C(=C\C=C\[C@@H]3C)[C@]54O)C[C@@H]2OC)O[C@@H](C)[C@@H]1O.CSc1nc2cc(Oc3cccc(Cl)c3Cl)c(Cl)cc2[nH]1. The number of methoxy groups -OCH3 is 4. The molecule has 4 bridgehead atoms. The van der Waals surface area contributed by atoms with Crippen molar-refractivity contribution in [3.8, 4) is 11.5 Å². The lowest BCUT2D eigenvalue weighted by molar-refractivity contribution is -0.341. The quantitative estimate of drug-likeness (QED) is 0.0353. The zero-order chi connectivity index (χ0) is 104. The van der Waals surface area contributed by atoms with Gasteiger partial charge in [0, 0.05) is 111 Å². The number of thioether (sulfide) groups is 1. The van der Waals surface area contributed by atoms with Crippen LogP contribution in [0.15, 0.2) is 130 Å². The molecule has 1 aromatic heterocycles. The number of halogens is 3. The zero-order valence-corrected chi connectivity index (χ0v) is 90.1. The number of nitrogens with one attached hydrogen (secondary N) is 1. The molecule has 10 fully saturated rings. The highest BCUT2D eigenvalue weighted by Crippen LogP contribution is 2.53. The van der Waals surface area contributed by atoms with Gasteiger partial charge in [0.15, 0.2) is 41.9 Å². The molecule has 0 saturated carbocycles. The average molecular weight is 2100 g/mol. The zero-order valence-electron chi connectivity index (χ0n) is 87.0. The summed E-state index contributed by atoms with van der Waals surface area (Å²) < 4.78 is 133. The molecule has 2 spiro atoms. The third kappa shape index (κ3) is 24.8. The van der Waals surface area contributed by atoms with E-state index in [0.717, 1.165) is 46.6 Å². The van der Waals surface area contributed by atoms with E-state index in [-0.39, 0.29) is 67.6 Å². The van der Waals surface area contributed by atoms with E-state index >= 15 is 0 Å². The van der Waals surface area contributed by atoms with E-state index < -0.39 is 182 Å². The maximum Gasteiger partial charge on any atom is 0.316 e. The summed E-state index contributed by atoms with van der Waals surface area (Å²) in [6, 6.07) is 8.73. The van der Waals surface area contributed by atoms with Gasteiger partial charge in [0.1, 0.15) is 101 Å². The van der Waals surface area contributed by atoms with E-state index in [1.54, 1.807) is 111 Å². The normalized spacial score (nSPS) is 43.9.